The number of benzene rings is 2. The van der Waals surface area contributed by atoms with Crippen LogP contribution < -0.4 is 10.6 Å². The Morgan fingerprint density at radius 1 is 1.04 bits per heavy atom. The largest absolute Gasteiger partial charge is 0.347 e. The van der Waals surface area contributed by atoms with Gasteiger partial charge >= 0.3 is 0 Å². The van der Waals surface area contributed by atoms with E-state index in [1.54, 1.807) is 48.5 Å². The van der Waals surface area contributed by atoms with E-state index in [9.17, 15) is 18.0 Å². The number of amides is 2. The number of rotatable bonds is 5. The first-order valence-corrected chi connectivity index (χ1v) is 11.3. The molecule has 1 heterocycles. The summed E-state index contributed by atoms with van der Waals surface area (Å²) >= 11 is 3.35. The standard InChI is InChI=1S/C20H19BrN2O4S/c21-16-8-6-14(7-9-16)12-18(23-19(24)15-4-2-1-3-5-15)20(25)22-17-10-11-28(26,27)13-17/h1-9,12,17H,10-11,13H2,(H,22,25)(H,23,24)/b18-12-/t17-/m1/s1. The summed E-state index contributed by atoms with van der Waals surface area (Å²) in [4.78, 5) is 25.3. The van der Waals surface area contributed by atoms with Crippen molar-refractivity contribution in [3.8, 4) is 0 Å². The normalized spacial score (nSPS) is 18.5. The van der Waals surface area contributed by atoms with Gasteiger partial charge in [0.05, 0.1) is 11.5 Å². The maximum Gasteiger partial charge on any atom is 0.268 e. The van der Waals surface area contributed by atoms with Gasteiger partial charge in [0.1, 0.15) is 5.70 Å². The lowest BCUT2D eigenvalue weighted by molar-refractivity contribution is -0.118. The summed E-state index contributed by atoms with van der Waals surface area (Å²) in [7, 11) is -3.12. The zero-order valence-electron chi connectivity index (χ0n) is 14.9. The predicted octanol–water partition coefficient (Wildman–Crippen LogP) is 2.52. The average Bonchev–Trinajstić information content (AvgIpc) is 3.01. The molecule has 0 unspecified atom stereocenters. The maximum absolute atomic E-state index is 12.8. The van der Waals surface area contributed by atoms with E-state index in [-0.39, 0.29) is 17.2 Å². The molecule has 1 fully saturated rings. The third-order valence-corrected chi connectivity index (χ3v) is 6.57. The molecule has 2 aromatic carbocycles. The molecule has 2 amide bonds. The molecule has 0 bridgehead atoms. The molecule has 146 valence electrons. The highest BCUT2D eigenvalue weighted by Crippen LogP contribution is 2.15. The molecule has 2 aromatic rings. The van der Waals surface area contributed by atoms with Crippen LogP contribution in [0.25, 0.3) is 6.08 Å². The molecule has 6 nitrogen and oxygen atoms in total. The van der Waals surface area contributed by atoms with Crippen molar-refractivity contribution < 1.29 is 18.0 Å². The third-order valence-electron chi connectivity index (χ3n) is 4.28. The predicted molar refractivity (Wildman–Crippen MR) is 111 cm³/mol. The van der Waals surface area contributed by atoms with Gasteiger partial charge in [-0.25, -0.2) is 8.42 Å². The number of hydrogen-bond acceptors (Lipinski definition) is 4. The highest BCUT2D eigenvalue weighted by Gasteiger charge is 2.29. The van der Waals surface area contributed by atoms with Crippen LogP contribution in [0, 0.1) is 0 Å². The minimum atomic E-state index is -3.12. The highest BCUT2D eigenvalue weighted by molar-refractivity contribution is 9.10. The Bertz CT molecular complexity index is 1000. The summed E-state index contributed by atoms with van der Waals surface area (Å²) in [6, 6.07) is 15.3. The van der Waals surface area contributed by atoms with Crippen molar-refractivity contribution in [2.24, 2.45) is 0 Å². The minimum Gasteiger partial charge on any atom is -0.347 e. The monoisotopic (exact) mass is 462 g/mol. The van der Waals surface area contributed by atoms with E-state index in [0.29, 0.717) is 12.0 Å². The fourth-order valence-electron chi connectivity index (χ4n) is 2.84. The lowest BCUT2D eigenvalue weighted by Crippen LogP contribution is -2.41. The lowest BCUT2D eigenvalue weighted by Gasteiger charge is -2.14. The minimum absolute atomic E-state index is 0.0556. The molecular weight excluding hydrogens is 444 g/mol. The van der Waals surface area contributed by atoms with Crippen molar-refractivity contribution in [1.82, 2.24) is 10.6 Å². The quantitative estimate of drug-likeness (QED) is 0.667. The average molecular weight is 463 g/mol. The summed E-state index contributed by atoms with van der Waals surface area (Å²) in [6.07, 6.45) is 1.93. The van der Waals surface area contributed by atoms with E-state index in [4.69, 9.17) is 0 Å². The number of carbonyl (C=O) groups excluding carboxylic acids is 2. The molecule has 0 radical (unpaired) electrons. The van der Waals surface area contributed by atoms with Crippen molar-refractivity contribution in [2.45, 2.75) is 12.5 Å². The van der Waals surface area contributed by atoms with Gasteiger partial charge in [-0.2, -0.15) is 0 Å². The molecule has 2 N–H and O–H groups in total. The van der Waals surface area contributed by atoms with Gasteiger partial charge in [0.15, 0.2) is 9.84 Å². The van der Waals surface area contributed by atoms with Gasteiger partial charge in [-0.15, -0.1) is 0 Å². The molecule has 1 aliphatic heterocycles. The van der Waals surface area contributed by atoms with Crippen LogP contribution in [0.3, 0.4) is 0 Å². The molecule has 0 aromatic heterocycles. The summed E-state index contributed by atoms with van der Waals surface area (Å²) < 4.78 is 24.2. The third kappa shape index (κ3) is 5.53. The number of hydrogen-bond donors (Lipinski definition) is 2. The smallest absolute Gasteiger partial charge is 0.268 e. The summed E-state index contributed by atoms with van der Waals surface area (Å²) in [5.74, 6) is -0.968. The van der Waals surface area contributed by atoms with Crippen LogP contribution in [0.4, 0.5) is 0 Å². The van der Waals surface area contributed by atoms with E-state index < -0.39 is 27.7 Å². The van der Waals surface area contributed by atoms with E-state index in [0.717, 1.165) is 10.0 Å². The summed E-state index contributed by atoms with van der Waals surface area (Å²) in [6.45, 7) is 0. The molecule has 28 heavy (non-hydrogen) atoms. The number of halogens is 1. The molecule has 8 heteroatoms. The molecular formula is C20H19BrN2O4S. The lowest BCUT2D eigenvalue weighted by atomic mass is 10.1. The second kappa shape index (κ2) is 8.70. The Kier molecular flexibility index (Phi) is 6.31. The fraction of sp³-hybridized carbons (Fsp3) is 0.200. The van der Waals surface area contributed by atoms with Gasteiger partial charge in [0, 0.05) is 16.1 Å². The first-order valence-electron chi connectivity index (χ1n) is 8.67. The van der Waals surface area contributed by atoms with Crippen LogP contribution in [-0.4, -0.2) is 37.8 Å². The van der Waals surface area contributed by atoms with Gasteiger partial charge in [0.25, 0.3) is 11.8 Å². The van der Waals surface area contributed by atoms with Crippen LogP contribution in [0.15, 0.2) is 64.8 Å². The first-order chi connectivity index (χ1) is 13.3. The van der Waals surface area contributed by atoms with Crippen LogP contribution in [-0.2, 0) is 14.6 Å². The van der Waals surface area contributed by atoms with Crippen LogP contribution >= 0.6 is 15.9 Å². The highest BCUT2D eigenvalue weighted by atomic mass is 79.9. The topological polar surface area (TPSA) is 92.3 Å². The van der Waals surface area contributed by atoms with E-state index in [2.05, 4.69) is 26.6 Å². The Labute approximate surface area is 172 Å². The summed E-state index contributed by atoms with van der Waals surface area (Å²) in [5.41, 5.74) is 1.20. The molecule has 0 spiro atoms. The van der Waals surface area contributed by atoms with Gasteiger partial charge < -0.3 is 10.6 Å². The van der Waals surface area contributed by atoms with E-state index in [1.807, 2.05) is 12.1 Å². The molecule has 1 aliphatic rings. The van der Waals surface area contributed by atoms with Crippen molar-refractivity contribution in [3.63, 3.8) is 0 Å². The number of carbonyl (C=O) groups is 2. The zero-order valence-corrected chi connectivity index (χ0v) is 17.3. The number of nitrogens with one attached hydrogen (secondary N) is 2. The second-order valence-corrected chi connectivity index (χ2v) is 9.65. The number of sulfone groups is 1. The molecule has 0 saturated carbocycles. The molecule has 0 aliphatic carbocycles. The van der Waals surface area contributed by atoms with Crippen molar-refractivity contribution in [2.75, 3.05) is 11.5 Å². The summed E-state index contributed by atoms with van der Waals surface area (Å²) in [5, 5.41) is 5.35. The molecule has 1 saturated heterocycles. The van der Waals surface area contributed by atoms with Gasteiger partial charge in [0.2, 0.25) is 0 Å². The van der Waals surface area contributed by atoms with Crippen molar-refractivity contribution in [1.29, 1.82) is 0 Å². The second-order valence-electron chi connectivity index (χ2n) is 6.50. The van der Waals surface area contributed by atoms with Crippen LogP contribution in [0.2, 0.25) is 0 Å². The Morgan fingerprint density at radius 3 is 2.32 bits per heavy atom. The SMILES string of the molecule is O=C(N[C@@H]1CCS(=O)(=O)C1)/C(=C/c1ccc(Br)cc1)NC(=O)c1ccccc1. The van der Waals surface area contributed by atoms with E-state index in [1.165, 1.54) is 0 Å². The van der Waals surface area contributed by atoms with Crippen LogP contribution in [0.5, 0.6) is 0 Å². The zero-order chi connectivity index (χ0) is 20.1. The molecule has 1 atom stereocenters. The molecule has 3 rings (SSSR count). The Morgan fingerprint density at radius 2 is 1.71 bits per heavy atom. The van der Waals surface area contributed by atoms with Gasteiger partial charge in [-0.1, -0.05) is 46.3 Å². The fourth-order valence-corrected chi connectivity index (χ4v) is 4.78. The van der Waals surface area contributed by atoms with Crippen LogP contribution in [0.1, 0.15) is 22.3 Å². The maximum atomic E-state index is 12.8. The first kappa shape index (κ1) is 20.3. The van der Waals surface area contributed by atoms with Crippen molar-refractivity contribution >= 4 is 43.7 Å². The Hall–Kier alpha value is -2.45. The van der Waals surface area contributed by atoms with E-state index >= 15 is 0 Å². The Balaban J connectivity index is 1.82. The van der Waals surface area contributed by atoms with Gasteiger partial charge in [-0.3, -0.25) is 9.59 Å². The van der Waals surface area contributed by atoms with Gasteiger partial charge in [-0.05, 0) is 42.3 Å². The van der Waals surface area contributed by atoms with Crippen molar-refractivity contribution in [3.05, 3.63) is 75.9 Å².